The van der Waals surface area contributed by atoms with Gasteiger partial charge in [-0.2, -0.15) is 0 Å². The average molecular weight is 360 g/mol. The molecule has 1 heterocycles. The summed E-state index contributed by atoms with van der Waals surface area (Å²) in [6, 6.07) is 12.5. The van der Waals surface area contributed by atoms with E-state index in [1.54, 1.807) is 7.11 Å². The van der Waals surface area contributed by atoms with Gasteiger partial charge in [-0.05, 0) is 36.4 Å². The van der Waals surface area contributed by atoms with Crippen molar-refractivity contribution in [2.75, 3.05) is 33.8 Å². The van der Waals surface area contributed by atoms with Gasteiger partial charge in [-0.1, -0.05) is 31.2 Å². The first-order valence-corrected chi connectivity index (χ1v) is 9.68. The minimum absolute atomic E-state index is 0.301. The number of likely N-dealkylation sites (N-methyl/N-ethyl adjacent to an activating group) is 1. The van der Waals surface area contributed by atoms with Crippen LogP contribution in [0.4, 0.5) is 0 Å². The van der Waals surface area contributed by atoms with Gasteiger partial charge < -0.3 is 15.0 Å². The number of rotatable bonds is 8. The number of hydrogen-bond donors (Lipinski definition) is 1. The molecule has 2 rings (SSSR count). The van der Waals surface area contributed by atoms with Crippen molar-refractivity contribution < 1.29 is 4.74 Å². The smallest absolute Gasteiger partial charge is 0.193 e. The van der Waals surface area contributed by atoms with E-state index >= 15 is 0 Å². The molecule has 1 aromatic heterocycles. The fourth-order valence-corrected chi connectivity index (χ4v) is 3.40. The largest absolute Gasteiger partial charge is 0.496 e. The average Bonchev–Trinajstić information content (AvgIpc) is 3.16. The molecule has 1 N–H and O–H groups in total. The lowest BCUT2D eigenvalue weighted by Gasteiger charge is -2.22. The van der Waals surface area contributed by atoms with Crippen molar-refractivity contribution in [1.82, 2.24) is 10.2 Å². The molecule has 136 valence electrons. The third-order valence-electron chi connectivity index (χ3n) is 4.15. The van der Waals surface area contributed by atoms with Crippen LogP contribution in [0.25, 0.3) is 0 Å². The second kappa shape index (κ2) is 10.1. The van der Waals surface area contributed by atoms with Crippen LogP contribution in [0.2, 0.25) is 0 Å². The fraction of sp³-hybridized carbons (Fsp3) is 0.450. The van der Waals surface area contributed by atoms with E-state index < -0.39 is 0 Å². The fourth-order valence-electron chi connectivity index (χ4n) is 2.70. The van der Waals surface area contributed by atoms with Gasteiger partial charge in [0.2, 0.25) is 0 Å². The topological polar surface area (TPSA) is 36.9 Å². The van der Waals surface area contributed by atoms with Crippen molar-refractivity contribution in [3.63, 3.8) is 0 Å². The summed E-state index contributed by atoms with van der Waals surface area (Å²) in [6.45, 7) is 6.84. The normalized spacial score (nSPS) is 12.7. The van der Waals surface area contributed by atoms with Crippen LogP contribution in [-0.2, 0) is 6.42 Å². The molecule has 0 amide bonds. The van der Waals surface area contributed by atoms with Gasteiger partial charge in [0, 0.05) is 37.5 Å². The van der Waals surface area contributed by atoms with Gasteiger partial charge in [-0.25, -0.2) is 0 Å². The van der Waals surface area contributed by atoms with Crippen LogP contribution >= 0.6 is 11.3 Å². The number of guanidine groups is 1. The summed E-state index contributed by atoms with van der Waals surface area (Å²) in [4.78, 5) is 8.46. The molecule has 0 fully saturated rings. The second-order valence-corrected chi connectivity index (χ2v) is 7.12. The molecular weight excluding hydrogens is 330 g/mol. The number of para-hydroxylation sites is 1. The molecule has 5 heteroatoms. The highest BCUT2D eigenvalue weighted by Crippen LogP contribution is 2.26. The van der Waals surface area contributed by atoms with Crippen molar-refractivity contribution >= 4 is 17.3 Å². The molecule has 0 spiro atoms. The summed E-state index contributed by atoms with van der Waals surface area (Å²) in [7, 11) is 3.82. The van der Waals surface area contributed by atoms with Crippen molar-refractivity contribution in [3.05, 3.63) is 52.2 Å². The summed E-state index contributed by atoms with van der Waals surface area (Å²) in [6.07, 6.45) is 1.04. The Morgan fingerprint density at radius 3 is 2.76 bits per heavy atom. The van der Waals surface area contributed by atoms with Crippen LogP contribution in [0.5, 0.6) is 5.75 Å². The Morgan fingerprint density at radius 1 is 1.28 bits per heavy atom. The lowest BCUT2D eigenvalue weighted by molar-refractivity contribution is 0.406. The first-order chi connectivity index (χ1) is 12.2. The van der Waals surface area contributed by atoms with E-state index in [0.29, 0.717) is 5.92 Å². The van der Waals surface area contributed by atoms with Crippen LogP contribution < -0.4 is 10.1 Å². The van der Waals surface area contributed by atoms with Crippen molar-refractivity contribution in [3.8, 4) is 5.75 Å². The summed E-state index contributed by atoms with van der Waals surface area (Å²) in [5, 5.41) is 5.52. The quantitative estimate of drug-likeness (QED) is 0.572. The molecule has 4 nitrogen and oxygen atoms in total. The van der Waals surface area contributed by atoms with Crippen LogP contribution in [0, 0.1) is 0 Å². The van der Waals surface area contributed by atoms with Gasteiger partial charge in [-0.15, -0.1) is 11.3 Å². The number of nitrogens with one attached hydrogen (secondary N) is 1. The van der Waals surface area contributed by atoms with E-state index in [9.17, 15) is 0 Å². The van der Waals surface area contributed by atoms with Gasteiger partial charge in [-0.3, -0.25) is 4.99 Å². The highest BCUT2D eigenvalue weighted by Gasteiger charge is 2.12. The van der Waals surface area contributed by atoms with Gasteiger partial charge in [0.05, 0.1) is 7.11 Å². The zero-order valence-electron chi connectivity index (χ0n) is 15.7. The first-order valence-electron chi connectivity index (χ1n) is 8.80. The SMILES string of the molecule is CCNC(=NCC(C)c1ccccc1OC)N(C)CCc1cccs1. The third kappa shape index (κ3) is 5.78. The number of nitrogens with zero attached hydrogens (tertiary/aromatic N) is 2. The molecule has 0 saturated carbocycles. The van der Waals surface area contributed by atoms with Crippen LogP contribution in [0.1, 0.15) is 30.2 Å². The monoisotopic (exact) mass is 359 g/mol. The summed E-state index contributed by atoms with van der Waals surface area (Å²) >= 11 is 1.81. The van der Waals surface area contributed by atoms with Gasteiger partial charge in [0.1, 0.15) is 5.75 Å². The van der Waals surface area contributed by atoms with E-state index in [4.69, 9.17) is 9.73 Å². The molecule has 2 aromatic rings. The standard InChI is InChI=1S/C20H29N3OS/c1-5-21-20(23(3)13-12-17-9-8-14-25-17)22-15-16(2)18-10-6-7-11-19(18)24-4/h6-11,14,16H,5,12-13,15H2,1-4H3,(H,21,22). The van der Waals surface area contributed by atoms with Crippen LogP contribution in [0.3, 0.4) is 0 Å². The Labute approximate surface area is 155 Å². The Hall–Kier alpha value is -2.01. The highest BCUT2D eigenvalue weighted by atomic mass is 32.1. The maximum absolute atomic E-state index is 5.47. The lowest BCUT2D eigenvalue weighted by Crippen LogP contribution is -2.40. The molecule has 0 aliphatic heterocycles. The van der Waals surface area contributed by atoms with Crippen molar-refractivity contribution in [2.45, 2.75) is 26.2 Å². The first kappa shape index (κ1) is 19.3. The Morgan fingerprint density at radius 2 is 2.08 bits per heavy atom. The number of ether oxygens (including phenoxy) is 1. The zero-order chi connectivity index (χ0) is 18.1. The predicted octanol–water partition coefficient (Wildman–Crippen LogP) is 4.00. The van der Waals surface area contributed by atoms with Crippen LogP contribution in [-0.4, -0.2) is 44.7 Å². The summed E-state index contributed by atoms with van der Waals surface area (Å²) in [5.74, 6) is 2.19. The van der Waals surface area contributed by atoms with E-state index in [1.165, 1.54) is 10.4 Å². The molecule has 0 radical (unpaired) electrons. The summed E-state index contributed by atoms with van der Waals surface area (Å²) < 4.78 is 5.47. The molecule has 1 aromatic carbocycles. The predicted molar refractivity (Wildman–Crippen MR) is 108 cm³/mol. The van der Waals surface area contributed by atoms with Gasteiger partial charge in [0.15, 0.2) is 5.96 Å². The lowest BCUT2D eigenvalue weighted by atomic mass is 10.0. The van der Waals surface area contributed by atoms with E-state index in [2.05, 4.69) is 60.8 Å². The van der Waals surface area contributed by atoms with E-state index in [-0.39, 0.29) is 0 Å². The Bertz CT molecular complexity index is 655. The highest BCUT2D eigenvalue weighted by molar-refractivity contribution is 7.09. The summed E-state index contributed by atoms with van der Waals surface area (Å²) in [5.41, 5.74) is 1.20. The van der Waals surface area contributed by atoms with E-state index in [1.807, 2.05) is 23.5 Å². The van der Waals surface area contributed by atoms with Gasteiger partial charge in [0.25, 0.3) is 0 Å². The Kier molecular flexibility index (Phi) is 7.79. The number of benzene rings is 1. The molecule has 25 heavy (non-hydrogen) atoms. The molecule has 1 atom stereocenters. The number of aliphatic imine (C=N–C) groups is 1. The molecule has 0 bridgehead atoms. The van der Waals surface area contributed by atoms with Gasteiger partial charge >= 0.3 is 0 Å². The Balaban J connectivity index is 2.00. The number of methoxy groups -OCH3 is 1. The molecule has 0 saturated heterocycles. The maximum Gasteiger partial charge on any atom is 0.193 e. The van der Waals surface area contributed by atoms with Crippen molar-refractivity contribution in [1.29, 1.82) is 0 Å². The van der Waals surface area contributed by atoms with Crippen molar-refractivity contribution in [2.24, 2.45) is 4.99 Å². The number of hydrogen-bond acceptors (Lipinski definition) is 3. The minimum atomic E-state index is 0.301. The third-order valence-corrected chi connectivity index (χ3v) is 5.09. The molecule has 0 aliphatic carbocycles. The minimum Gasteiger partial charge on any atom is -0.496 e. The second-order valence-electron chi connectivity index (χ2n) is 6.09. The molecule has 0 aliphatic rings. The zero-order valence-corrected chi connectivity index (χ0v) is 16.5. The number of thiophene rings is 1. The molecular formula is C20H29N3OS. The maximum atomic E-state index is 5.47. The van der Waals surface area contributed by atoms with Crippen LogP contribution in [0.15, 0.2) is 46.8 Å². The molecule has 1 unspecified atom stereocenters. The van der Waals surface area contributed by atoms with E-state index in [0.717, 1.165) is 37.8 Å².